The summed E-state index contributed by atoms with van der Waals surface area (Å²) in [5, 5.41) is 5.89. The van der Waals surface area contributed by atoms with Gasteiger partial charge in [-0.2, -0.15) is 0 Å². The van der Waals surface area contributed by atoms with E-state index < -0.39 is 5.41 Å². The summed E-state index contributed by atoms with van der Waals surface area (Å²) in [4.78, 5) is 28.8. The van der Waals surface area contributed by atoms with Crippen LogP contribution in [0.5, 0.6) is 5.88 Å². The number of carbonyl (C=O) groups is 2. The van der Waals surface area contributed by atoms with E-state index in [0.717, 1.165) is 31.2 Å². The first-order chi connectivity index (χ1) is 13.0. The van der Waals surface area contributed by atoms with Crippen LogP contribution in [0.25, 0.3) is 0 Å². The predicted molar refractivity (Wildman–Crippen MR) is 103 cm³/mol. The topological polar surface area (TPSA) is 89.5 Å². The van der Waals surface area contributed by atoms with E-state index in [9.17, 15) is 9.59 Å². The summed E-state index contributed by atoms with van der Waals surface area (Å²) in [5.74, 6) is 0.329. The van der Waals surface area contributed by atoms with Gasteiger partial charge in [0.05, 0.1) is 19.6 Å². The molecule has 7 nitrogen and oxygen atoms in total. The highest BCUT2D eigenvalue weighted by molar-refractivity contribution is 5.78. The van der Waals surface area contributed by atoms with Crippen molar-refractivity contribution in [2.75, 3.05) is 20.8 Å². The van der Waals surface area contributed by atoms with Crippen molar-refractivity contribution in [2.24, 2.45) is 5.41 Å². The Hall–Kier alpha value is -2.31. The van der Waals surface area contributed by atoms with Crippen LogP contribution in [0.15, 0.2) is 18.3 Å². The molecule has 0 unspecified atom stereocenters. The van der Waals surface area contributed by atoms with E-state index in [1.54, 1.807) is 13.3 Å². The van der Waals surface area contributed by atoms with Gasteiger partial charge in [0, 0.05) is 24.3 Å². The second-order valence-corrected chi connectivity index (χ2v) is 7.15. The zero-order chi connectivity index (χ0) is 19.7. The zero-order valence-corrected chi connectivity index (χ0v) is 16.5. The van der Waals surface area contributed by atoms with Crippen molar-refractivity contribution in [2.45, 2.75) is 57.9 Å². The molecule has 1 heterocycles. The van der Waals surface area contributed by atoms with Gasteiger partial charge in [-0.25, -0.2) is 9.78 Å². The van der Waals surface area contributed by atoms with Crippen molar-refractivity contribution in [1.29, 1.82) is 0 Å². The Labute approximate surface area is 161 Å². The molecular weight excluding hydrogens is 346 g/mol. The van der Waals surface area contributed by atoms with E-state index in [1.807, 2.05) is 12.1 Å². The van der Waals surface area contributed by atoms with E-state index in [2.05, 4.69) is 22.5 Å². The number of unbranched alkanes of at least 4 members (excludes halogenated alkanes) is 1. The Bertz CT molecular complexity index is 627. The van der Waals surface area contributed by atoms with Gasteiger partial charge in [0.2, 0.25) is 5.88 Å². The number of amides is 2. The Morgan fingerprint density at radius 2 is 2.04 bits per heavy atom. The van der Waals surface area contributed by atoms with Gasteiger partial charge in [-0.15, -0.1) is 0 Å². The molecule has 0 aromatic carbocycles. The van der Waals surface area contributed by atoms with Gasteiger partial charge in [0.15, 0.2) is 0 Å². The first kappa shape index (κ1) is 21.0. The lowest BCUT2D eigenvalue weighted by molar-refractivity contribution is -0.155. The molecule has 2 rings (SSSR count). The second kappa shape index (κ2) is 10.1. The average Bonchev–Trinajstić information content (AvgIpc) is 2.69. The van der Waals surface area contributed by atoms with Crippen molar-refractivity contribution in [3.8, 4) is 5.88 Å². The van der Waals surface area contributed by atoms with Crippen molar-refractivity contribution in [3.63, 3.8) is 0 Å². The number of esters is 1. The zero-order valence-electron chi connectivity index (χ0n) is 16.5. The summed E-state index contributed by atoms with van der Waals surface area (Å²) in [7, 11) is 3.00. The largest absolute Gasteiger partial charge is 0.481 e. The fourth-order valence-corrected chi connectivity index (χ4v) is 3.71. The van der Waals surface area contributed by atoms with Crippen LogP contribution in [-0.4, -0.2) is 43.8 Å². The third-order valence-corrected chi connectivity index (χ3v) is 5.28. The summed E-state index contributed by atoms with van der Waals surface area (Å²) < 4.78 is 10.5. The molecule has 1 aliphatic rings. The minimum absolute atomic E-state index is 0.0696. The van der Waals surface area contributed by atoms with Crippen LogP contribution in [0.2, 0.25) is 0 Å². The molecule has 1 aromatic rings. The van der Waals surface area contributed by atoms with Crippen LogP contribution in [0.4, 0.5) is 4.79 Å². The number of nitrogens with one attached hydrogen (secondary N) is 2. The number of ether oxygens (including phenoxy) is 2. The Morgan fingerprint density at radius 1 is 1.30 bits per heavy atom. The van der Waals surface area contributed by atoms with E-state index >= 15 is 0 Å². The van der Waals surface area contributed by atoms with Crippen LogP contribution < -0.4 is 15.4 Å². The number of urea groups is 1. The molecule has 2 amide bonds. The highest BCUT2D eigenvalue weighted by atomic mass is 16.5. The first-order valence-electron chi connectivity index (χ1n) is 9.65. The van der Waals surface area contributed by atoms with E-state index in [-0.39, 0.29) is 18.0 Å². The monoisotopic (exact) mass is 377 g/mol. The number of pyridine rings is 1. The molecule has 27 heavy (non-hydrogen) atoms. The summed E-state index contributed by atoms with van der Waals surface area (Å²) in [5.41, 5.74) is 0.288. The lowest BCUT2D eigenvalue weighted by Crippen LogP contribution is -2.47. The minimum atomic E-state index is -0.609. The average molecular weight is 377 g/mol. The highest BCUT2D eigenvalue weighted by Crippen LogP contribution is 2.41. The quantitative estimate of drug-likeness (QED) is 0.537. The first-order valence-corrected chi connectivity index (χ1v) is 9.65. The number of carbonyl (C=O) groups excluding carboxylic acids is 2. The molecule has 150 valence electrons. The van der Waals surface area contributed by atoms with Gasteiger partial charge >= 0.3 is 12.0 Å². The summed E-state index contributed by atoms with van der Waals surface area (Å²) in [6.45, 7) is 2.77. The molecule has 0 bridgehead atoms. The predicted octanol–water partition coefficient (Wildman–Crippen LogP) is 2.83. The molecule has 1 aliphatic carbocycles. The molecule has 0 saturated heterocycles. The van der Waals surface area contributed by atoms with Crippen molar-refractivity contribution < 1.29 is 19.1 Å². The number of hydrogen-bond donors (Lipinski definition) is 2. The van der Waals surface area contributed by atoms with Gasteiger partial charge in [0.25, 0.3) is 0 Å². The molecule has 1 aromatic heterocycles. The molecule has 1 fully saturated rings. The maximum Gasteiger partial charge on any atom is 0.315 e. The second-order valence-electron chi connectivity index (χ2n) is 7.15. The lowest BCUT2D eigenvalue weighted by Gasteiger charge is -2.38. The molecule has 0 aliphatic heterocycles. The molecule has 1 saturated carbocycles. The van der Waals surface area contributed by atoms with E-state index in [0.29, 0.717) is 31.7 Å². The Balaban J connectivity index is 2.01. The van der Waals surface area contributed by atoms with E-state index in [4.69, 9.17) is 9.47 Å². The van der Waals surface area contributed by atoms with Crippen LogP contribution in [-0.2, 0) is 16.0 Å². The normalized spacial score (nSPS) is 22.0. The molecule has 0 radical (unpaired) electrons. The maximum absolute atomic E-state index is 12.6. The minimum Gasteiger partial charge on any atom is -0.481 e. The standard InChI is InChI=1S/C20H31N3O4/c1-4-5-12-22-19(25)23-16-8-10-20(11-9-16,18(24)27-3)14-15-7-6-13-21-17(15)26-2/h6-7,13,16H,4-5,8-12,14H2,1-3H3,(H2,22,23,25). The van der Waals surface area contributed by atoms with Crippen LogP contribution in [0.3, 0.4) is 0 Å². The molecule has 0 spiro atoms. The van der Waals surface area contributed by atoms with Crippen LogP contribution in [0.1, 0.15) is 51.0 Å². The molecule has 0 atom stereocenters. The van der Waals surface area contributed by atoms with Gasteiger partial charge in [-0.05, 0) is 44.6 Å². The molecule has 2 N–H and O–H groups in total. The summed E-state index contributed by atoms with van der Waals surface area (Å²) in [6.07, 6.45) is 6.98. The van der Waals surface area contributed by atoms with Gasteiger partial charge in [-0.3, -0.25) is 4.79 Å². The molecular formula is C20H31N3O4. The third kappa shape index (κ3) is 5.58. The number of methoxy groups -OCH3 is 2. The van der Waals surface area contributed by atoms with Gasteiger partial charge < -0.3 is 20.1 Å². The number of rotatable bonds is 8. The summed E-state index contributed by atoms with van der Waals surface area (Å²) in [6, 6.07) is 3.71. The fraction of sp³-hybridized carbons (Fsp3) is 0.650. The SMILES string of the molecule is CCCCNC(=O)NC1CCC(Cc2cccnc2OC)(C(=O)OC)CC1. The summed E-state index contributed by atoms with van der Waals surface area (Å²) >= 11 is 0. The number of aromatic nitrogens is 1. The lowest BCUT2D eigenvalue weighted by atomic mass is 9.69. The highest BCUT2D eigenvalue weighted by Gasteiger charge is 2.43. The van der Waals surface area contributed by atoms with Crippen molar-refractivity contribution >= 4 is 12.0 Å². The van der Waals surface area contributed by atoms with E-state index in [1.165, 1.54) is 7.11 Å². The number of hydrogen-bond acceptors (Lipinski definition) is 5. The smallest absolute Gasteiger partial charge is 0.315 e. The van der Waals surface area contributed by atoms with Gasteiger partial charge in [-0.1, -0.05) is 19.4 Å². The van der Waals surface area contributed by atoms with Crippen molar-refractivity contribution in [1.82, 2.24) is 15.6 Å². The maximum atomic E-state index is 12.6. The fourth-order valence-electron chi connectivity index (χ4n) is 3.71. The Kier molecular flexibility index (Phi) is 7.88. The third-order valence-electron chi connectivity index (χ3n) is 5.28. The Morgan fingerprint density at radius 3 is 2.67 bits per heavy atom. The van der Waals surface area contributed by atoms with Crippen LogP contribution >= 0.6 is 0 Å². The van der Waals surface area contributed by atoms with Crippen molar-refractivity contribution in [3.05, 3.63) is 23.9 Å². The molecule has 7 heteroatoms. The number of nitrogens with zero attached hydrogens (tertiary/aromatic N) is 1. The van der Waals surface area contributed by atoms with Crippen LogP contribution in [0, 0.1) is 5.41 Å². The van der Waals surface area contributed by atoms with Gasteiger partial charge in [0.1, 0.15) is 0 Å².